The molecule has 0 heterocycles. The van der Waals surface area contributed by atoms with Crippen molar-refractivity contribution in [2.75, 3.05) is 0 Å². The van der Waals surface area contributed by atoms with Crippen molar-refractivity contribution < 1.29 is 13.2 Å². The van der Waals surface area contributed by atoms with E-state index in [1.54, 1.807) is 0 Å². The summed E-state index contributed by atoms with van der Waals surface area (Å²) < 4.78 is 36.8. The van der Waals surface area contributed by atoms with Crippen molar-refractivity contribution in [3.05, 3.63) is 29.8 Å². The number of halogens is 3. The summed E-state index contributed by atoms with van der Waals surface area (Å²) in [6.07, 6.45) is -4.32. The van der Waals surface area contributed by atoms with E-state index >= 15 is 0 Å². The molecule has 0 fully saturated rings. The van der Waals surface area contributed by atoms with Crippen molar-refractivity contribution >= 4 is 19.4 Å². The van der Waals surface area contributed by atoms with Crippen LogP contribution in [-0.2, 0) is 6.18 Å². The minimum atomic E-state index is -4.32. The molecule has 0 atom stereocenters. The molecule has 0 amide bonds. The Labute approximate surface area is 79.3 Å². The Hall–Kier alpha value is -0.981. The zero-order valence-corrected chi connectivity index (χ0v) is 8.01. The van der Waals surface area contributed by atoms with E-state index in [2.05, 4.69) is 0 Å². The van der Waals surface area contributed by atoms with Gasteiger partial charge in [0.15, 0.2) is 0 Å². The second kappa shape index (κ2) is 3.82. The van der Waals surface area contributed by atoms with Crippen molar-refractivity contribution in [3.8, 4) is 4.97 Å². The first kappa shape index (κ1) is 10.1. The van der Waals surface area contributed by atoms with Crippen LogP contribution in [0.25, 0.3) is 0 Å². The van der Waals surface area contributed by atoms with Crippen molar-refractivity contribution in [3.63, 3.8) is 0 Å². The summed E-state index contributed by atoms with van der Waals surface area (Å²) >= 11 is -0.527. The Bertz CT molecular complexity index is 340. The standard InChI is InChI=1S/C8H4F3NSe/c9-8(10,11)6-2-1-3-7(4-6)13-5-12/h1-4H. The maximum absolute atomic E-state index is 12.1. The van der Waals surface area contributed by atoms with Crippen LogP contribution < -0.4 is 4.46 Å². The molecule has 0 radical (unpaired) electrons. The number of hydrogen-bond acceptors (Lipinski definition) is 1. The molecule has 0 aliphatic carbocycles. The van der Waals surface area contributed by atoms with Gasteiger partial charge in [0.2, 0.25) is 0 Å². The number of alkyl halides is 3. The van der Waals surface area contributed by atoms with Gasteiger partial charge in [0.25, 0.3) is 0 Å². The maximum atomic E-state index is 12.1. The second-order valence-electron chi connectivity index (χ2n) is 2.22. The molecule has 1 nitrogen and oxygen atoms in total. The summed E-state index contributed by atoms with van der Waals surface area (Å²) in [4.78, 5) is 1.86. The van der Waals surface area contributed by atoms with E-state index in [0.717, 1.165) is 12.1 Å². The molecule has 0 aliphatic rings. The summed E-state index contributed by atoms with van der Waals surface area (Å²) in [5.41, 5.74) is -0.692. The Balaban J connectivity index is 3.00. The van der Waals surface area contributed by atoms with Gasteiger partial charge < -0.3 is 0 Å². The molecule has 0 aromatic heterocycles. The van der Waals surface area contributed by atoms with Crippen LogP contribution in [0.15, 0.2) is 24.3 Å². The summed E-state index contributed by atoms with van der Waals surface area (Å²) in [5.74, 6) is 0. The summed E-state index contributed by atoms with van der Waals surface area (Å²) in [7, 11) is 0. The molecule has 5 heteroatoms. The third kappa shape index (κ3) is 2.76. The number of nitriles is 1. The fraction of sp³-hybridized carbons (Fsp3) is 0.125. The molecule has 13 heavy (non-hydrogen) atoms. The fourth-order valence-corrected chi connectivity index (χ4v) is 1.71. The van der Waals surface area contributed by atoms with Gasteiger partial charge in [-0.05, 0) is 0 Å². The van der Waals surface area contributed by atoms with E-state index in [1.807, 2.05) is 4.97 Å². The molecule has 68 valence electrons. The van der Waals surface area contributed by atoms with Crippen LogP contribution in [-0.4, -0.2) is 15.0 Å². The molecule has 0 saturated heterocycles. The van der Waals surface area contributed by atoms with Crippen LogP contribution in [0.2, 0.25) is 0 Å². The van der Waals surface area contributed by atoms with E-state index < -0.39 is 26.7 Å². The average Bonchev–Trinajstić information content (AvgIpc) is 2.04. The Morgan fingerprint density at radius 2 is 2.00 bits per heavy atom. The first-order chi connectivity index (χ1) is 6.04. The molecule has 0 saturated carbocycles. The van der Waals surface area contributed by atoms with Gasteiger partial charge in [-0.15, -0.1) is 0 Å². The van der Waals surface area contributed by atoms with Crippen molar-refractivity contribution in [2.45, 2.75) is 6.18 Å². The Morgan fingerprint density at radius 1 is 1.31 bits per heavy atom. The third-order valence-electron chi connectivity index (χ3n) is 1.32. The molecule has 0 N–H and O–H groups in total. The van der Waals surface area contributed by atoms with E-state index in [9.17, 15) is 13.2 Å². The first-order valence-electron chi connectivity index (χ1n) is 3.27. The molecule has 1 rings (SSSR count). The molecule has 0 aliphatic heterocycles. The van der Waals surface area contributed by atoms with Gasteiger partial charge in [-0.1, -0.05) is 0 Å². The normalized spacial score (nSPS) is 10.9. The summed E-state index contributed by atoms with van der Waals surface area (Å²) in [6, 6.07) is 4.86. The summed E-state index contributed by atoms with van der Waals surface area (Å²) in [6.45, 7) is 0. The molecule has 0 unspecified atom stereocenters. The third-order valence-corrected chi connectivity index (χ3v) is 2.54. The zero-order valence-electron chi connectivity index (χ0n) is 6.30. The molecule has 1 aromatic rings. The van der Waals surface area contributed by atoms with E-state index in [4.69, 9.17) is 5.26 Å². The molecular formula is C8H4F3NSe. The van der Waals surface area contributed by atoms with Crippen LogP contribution in [0, 0.1) is 10.2 Å². The van der Waals surface area contributed by atoms with Crippen molar-refractivity contribution in [1.82, 2.24) is 0 Å². The van der Waals surface area contributed by atoms with Crippen LogP contribution in [0.5, 0.6) is 0 Å². The molecule has 0 spiro atoms. The predicted octanol–water partition coefficient (Wildman–Crippen LogP) is 1.52. The van der Waals surface area contributed by atoms with Crippen LogP contribution in [0.3, 0.4) is 0 Å². The number of rotatable bonds is 1. The number of hydrogen-bond donors (Lipinski definition) is 0. The SMILES string of the molecule is N#C[Se]c1cccc(C(F)(F)F)c1. The fourth-order valence-electron chi connectivity index (χ4n) is 0.789. The van der Waals surface area contributed by atoms with E-state index in [-0.39, 0.29) is 0 Å². The Morgan fingerprint density at radius 3 is 2.54 bits per heavy atom. The number of benzene rings is 1. The van der Waals surface area contributed by atoms with Crippen LogP contribution >= 0.6 is 0 Å². The molecule has 0 bridgehead atoms. The van der Waals surface area contributed by atoms with Gasteiger partial charge >= 0.3 is 78.8 Å². The van der Waals surface area contributed by atoms with Crippen LogP contribution in [0.4, 0.5) is 13.2 Å². The monoisotopic (exact) mass is 251 g/mol. The predicted molar refractivity (Wildman–Crippen MR) is 42.4 cm³/mol. The van der Waals surface area contributed by atoms with Crippen molar-refractivity contribution in [2.24, 2.45) is 0 Å². The second-order valence-corrected chi connectivity index (χ2v) is 4.02. The zero-order chi connectivity index (χ0) is 9.90. The average molecular weight is 250 g/mol. The van der Waals surface area contributed by atoms with E-state index in [0.29, 0.717) is 4.46 Å². The minimum absolute atomic E-state index is 0.449. The van der Waals surface area contributed by atoms with Gasteiger partial charge in [-0.25, -0.2) is 0 Å². The quantitative estimate of drug-likeness (QED) is 0.693. The summed E-state index contributed by atoms with van der Waals surface area (Å²) in [5, 5.41) is 8.31. The molecule has 1 aromatic carbocycles. The first-order valence-corrected chi connectivity index (χ1v) is 4.98. The van der Waals surface area contributed by atoms with Crippen molar-refractivity contribution in [1.29, 1.82) is 5.26 Å². The number of nitrogens with zero attached hydrogens (tertiary/aromatic N) is 1. The Kier molecular flexibility index (Phi) is 2.97. The van der Waals surface area contributed by atoms with Gasteiger partial charge in [-0.2, -0.15) is 0 Å². The van der Waals surface area contributed by atoms with Gasteiger partial charge in [0.1, 0.15) is 0 Å². The van der Waals surface area contributed by atoms with Gasteiger partial charge in [0, 0.05) is 0 Å². The van der Waals surface area contributed by atoms with Gasteiger partial charge in [-0.3, -0.25) is 0 Å². The molecular weight excluding hydrogens is 246 g/mol. The topological polar surface area (TPSA) is 23.8 Å². The van der Waals surface area contributed by atoms with Gasteiger partial charge in [0.05, 0.1) is 0 Å². The van der Waals surface area contributed by atoms with E-state index in [1.165, 1.54) is 12.1 Å². The van der Waals surface area contributed by atoms with Crippen LogP contribution in [0.1, 0.15) is 5.56 Å².